The van der Waals surface area contributed by atoms with Crippen LogP contribution in [0.1, 0.15) is 22.0 Å². The van der Waals surface area contributed by atoms with E-state index < -0.39 is 28.9 Å². The maximum atomic E-state index is 13.1. The van der Waals surface area contributed by atoms with Crippen LogP contribution in [0.15, 0.2) is 88.1 Å². The molecule has 0 saturated carbocycles. The van der Waals surface area contributed by atoms with Gasteiger partial charge in [0, 0.05) is 26.9 Å². The molecule has 178 valence electrons. The smallest absolute Gasteiger partial charge is 0.349 e. The van der Waals surface area contributed by atoms with Gasteiger partial charge in [0.15, 0.2) is 0 Å². The number of nitrogens with zero attached hydrogens (tertiary/aromatic N) is 1. The molecule has 1 fully saturated rings. The van der Waals surface area contributed by atoms with Crippen molar-refractivity contribution in [3.63, 3.8) is 0 Å². The fourth-order valence-electron chi connectivity index (χ4n) is 4.57. The number of aromatic nitrogens is 1. The maximum absolute atomic E-state index is 13.1. The number of para-hydroxylation sites is 1. The summed E-state index contributed by atoms with van der Waals surface area (Å²) in [7, 11) is 0. The van der Waals surface area contributed by atoms with Crippen molar-refractivity contribution >= 4 is 56.9 Å². The first-order valence-electron chi connectivity index (χ1n) is 11.1. The number of amides is 2. The Hall–Kier alpha value is -4.07. The average Bonchev–Trinajstić information content (AvgIpc) is 3.26. The van der Waals surface area contributed by atoms with Crippen molar-refractivity contribution in [2.24, 2.45) is 0 Å². The third-order valence-corrected chi connectivity index (χ3v) is 6.96. The molecule has 2 atom stereocenters. The molecule has 2 N–H and O–H groups in total. The molecule has 1 aliphatic rings. The first-order valence-corrected chi connectivity index (χ1v) is 11.9. The second-order valence-electron chi connectivity index (χ2n) is 8.45. The number of carbonyl (C=O) groups excluding carboxylic acids is 2. The molecule has 0 spiro atoms. The largest absolute Gasteiger partial charge is 0.422 e. The standard InChI is InChI=1S/C27H17Cl2N3O4/c28-16-10-11-19-17(13-16)21(23(30-19)14-6-2-1-3-7-14)24-22(29)26(34)32(24)31-25(33)18-12-15-8-4-5-9-20(15)36-27(18)35/h1-13,22,24,30H,(H,31,33). The van der Waals surface area contributed by atoms with Gasteiger partial charge in [-0.1, -0.05) is 60.1 Å². The van der Waals surface area contributed by atoms with Crippen LogP contribution in [0.4, 0.5) is 0 Å². The number of β-lactam (4-membered cyclic amide) rings is 1. The molecular weight excluding hydrogens is 501 g/mol. The van der Waals surface area contributed by atoms with E-state index in [-0.39, 0.29) is 5.56 Å². The van der Waals surface area contributed by atoms with Gasteiger partial charge in [0.2, 0.25) is 0 Å². The number of rotatable bonds is 4. The minimum absolute atomic E-state index is 0.219. The van der Waals surface area contributed by atoms with Crippen molar-refractivity contribution in [1.29, 1.82) is 0 Å². The number of H-pyrrole nitrogens is 1. The van der Waals surface area contributed by atoms with Gasteiger partial charge in [0.1, 0.15) is 22.6 Å². The molecule has 3 aromatic carbocycles. The van der Waals surface area contributed by atoms with Crippen LogP contribution >= 0.6 is 23.2 Å². The molecule has 6 rings (SSSR count). The van der Waals surface area contributed by atoms with Gasteiger partial charge < -0.3 is 9.40 Å². The van der Waals surface area contributed by atoms with Crippen molar-refractivity contribution in [3.05, 3.63) is 105 Å². The van der Waals surface area contributed by atoms with Crippen LogP contribution in [0, 0.1) is 0 Å². The summed E-state index contributed by atoms with van der Waals surface area (Å²) in [5.74, 6) is -1.26. The molecule has 9 heteroatoms. The first kappa shape index (κ1) is 22.4. The van der Waals surface area contributed by atoms with Gasteiger partial charge >= 0.3 is 5.63 Å². The normalized spacial score (nSPS) is 17.4. The van der Waals surface area contributed by atoms with Crippen LogP contribution in [0.3, 0.4) is 0 Å². The summed E-state index contributed by atoms with van der Waals surface area (Å²) in [6.45, 7) is 0. The number of carbonyl (C=O) groups is 2. The Bertz CT molecular complexity index is 1730. The van der Waals surface area contributed by atoms with Gasteiger partial charge in [0.05, 0.1) is 5.69 Å². The first-order chi connectivity index (χ1) is 17.4. The number of hydrogen-bond donors (Lipinski definition) is 2. The van der Waals surface area contributed by atoms with E-state index in [4.69, 9.17) is 27.6 Å². The highest BCUT2D eigenvalue weighted by Gasteiger charge is 2.50. The van der Waals surface area contributed by atoms with E-state index in [1.807, 2.05) is 36.4 Å². The molecule has 3 heterocycles. The van der Waals surface area contributed by atoms with E-state index in [9.17, 15) is 14.4 Å². The molecule has 2 unspecified atom stereocenters. The number of alkyl halides is 1. The second-order valence-corrected chi connectivity index (χ2v) is 9.36. The van der Waals surface area contributed by atoms with Crippen molar-refractivity contribution in [3.8, 4) is 11.3 Å². The number of aromatic amines is 1. The highest BCUT2D eigenvalue weighted by atomic mass is 35.5. The topological polar surface area (TPSA) is 95.4 Å². The number of benzene rings is 3. The lowest BCUT2D eigenvalue weighted by atomic mass is 9.90. The molecule has 2 amide bonds. The zero-order chi connectivity index (χ0) is 25.0. The SMILES string of the molecule is O=C(NN1C(=O)C(Cl)C1c1c(-c2ccccc2)[nH]c2ccc(Cl)cc12)c1cc2ccccc2oc1=O. The van der Waals surface area contributed by atoms with Crippen LogP contribution < -0.4 is 11.1 Å². The van der Waals surface area contributed by atoms with Gasteiger partial charge in [-0.2, -0.15) is 0 Å². The second kappa shape index (κ2) is 8.55. The zero-order valence-electron chi connectivity index (χ0n) is 18.5. The Morgan fingerprint density at radius 1 is 0.972 bits per heavy atom. The average molecular weight is 518 g/mol. The summed E-state index contributed by atoms with van der Waals surface area (Å²) < 4.78 is 5.28. The third-order valence-electron chi connectivity index (χ3n) is 6.30. The minimum Gasteiger partial charge on any atom is -0.422 e. The van der Waals surface area contributed by atoms with Gasteiger partial charge in [-0.05, 0) is 35.9 Å². The lowest BCUT2D eigenvalue weighted by molar-refractivity contribution is -0.149. The summed E-state index contributed by atoms with van der Waals surface area (Å²) in [4.78, 5) is 41.8. The fraction of sp³-hybridized carbons (Fsp3) is 0.0741. The van der Waals surface area contributed by atoms with Crippen LogP contribution in [-0.4, -0.2) is 27.2 Å². The Labute approximate surface area is 214 Å². The maximum Gasteiger partial charge on any atom is 0.349 e. The molecule has 1 aliphatic heterocycles. The number of hydrogen-bond acceptors (Lipinski definition) is 4. The van der Waals surface area contributed by atoms with Gasteiger partial charge in [-0.25, -0.2) is 9.80 Å². The van der Waals surface area contributed by atoms with Gasteiger partial charge in [-0.3, -0.25) is 15.0 Å². The molecule has 2 aromatic heterocycles. The Balaban J connectivity index is 1.43. The number of halogens is 2. The summed E-state index contributed by atoms with van der Waals surface area (Å²) in [6, 6.07) is 22.6. The van der Waals surface area contributed by atoms with Crippen LogP contribution in [0.5, 0.6) is 0 Å². The van der Waals surface area contributed by atoms with E-state index in [1.54, 1.807) is 36.4 Å². The molecule has 1 saturated heterocycles. The molecule has 5 aromatic rings. The van der Waals surface area contributed by atoms with Gasteiger partial charge in [-0.15, -0.1) is 11.6 Å². The monoisotopic (exact) mass is 517 g/mol. The number of nitrogens with one attached hydrogen (secondary N) is 2. The van der Waals surface area contributed by atoms with Gasteiger partial charge in [0.25, 0.3) is 11.8 Å². The molecule has 0 radical (unpaired) electrons. The predicted molar refractivity (Wildman–Crippen MR) is 138 cm³/mol. The Morgan fingerprint density at radius 2 is 1.72 bits per heavy atom. The van der Waals surface area contributed by atoms with E-state index in [2.05, 4.69) is 10.4 Å². The van der Waals surface area contributed by atoms with Crippen molar-refractivity contribution in [2.45, 2.75) is 11.4 Å². The Morgan fingerprint density at radius 3 is 2.53 bits per heavy atom. The van der Waals surface area contributed by atoms with Crippen LogP contribution in [0.2, 0.25) is 5.02 Å². The van der Waals surface area contributed by atoms with E-state index >= 15 is 0 Å². The summed E-state index contributed by atoms with van der Waals surface area (Å²) in [6.07, 6.45) is 0. The highest BCUT2D eigenvalue weighted by Crippen LogP contribution is 2.45. The minimum atomic E-state index is -0.932. The lowest BCUT2D eigenvalue weighted by Gasteiger charge is -2.44. The van der Waals surface area contributed by atoms with E-state index in [0.29, 0.717) is 21.6 Å². The fourth-order valence-corrected chi connectivity index (χ4v) is 5.08. The molecule has 0 aliphatic carbocycles. The third kappa shape index (κ3) is 3.56. The lowest BCUT2D eigenvalue weighted by Crippen LogP contribution is -2.63. The van der Waals surface area contributed by atoms with E-state index in [1.165, 1.54) is 6.07 Å². The summed E-state index contributed by atoms with van der Waals surface area (Å²) in [5.41, 5.74) is 5.05. The molecular formula is C27H17Cl2N3O4. The quantitative estimate of drug-likeness (QED) is 0.189. The Kier molecular flexibility index (Phi) is 5.32. The van der Waals surface area contributed by atoms with E-state index in [0.717, 1.165) is 27.2 Å². The predicted octanol–water partition coefficient (Wildman–Crippen LogP) is 5.43. The highest BCUT2D eigenvalue weighted by molar-refractivity contribution is 6.34. The van der Waals surface area contributed by atoms with Crippen LogP contribution in [0.25, 0.3) is 33.1 Å². The van der Waals surface area contributed by atoms with Crippen molar-refractivity contribution in [2.75, 3.05) is 0 Å². The van der Waals surface area contributed by atoms with Crippen molar-refractivity contribution in [1.82, 2.24) is 15.4 Å². The van der Waals surface area contributed by atoms with Crippen LogP contribution in [-0.2, 0) is 4.79 Å². The zero-order valence-corrected chi connectivity index (χ0v) is 20.0. The molecule has 0 bridgehead atoms. The number of fused-ring (bicyclic) bond motifs is 2. The van der Waals surface area contributed by atoms with Crippen molar-refractivity contribution < 1.29 is 14.0 Å². The summed E-state index contributed by atoms with van der Waals surface area (Å²) >= 11 is 12.8. The number of hydrazine groups is 1. The molecule has 7 nitrogen and oxygen atoms in total. The summed E-state index contributed by atoms with van der Waals surface area (Å²) in [5, 5.41) is 2.10. The molecule has 36 heavy (non-hydrogen) atoms.